The highest BCUT2D eigenvalue weighted by Gasteiger charge is 2.50. The van der Waals surface area contributed by atoms with Crippen LogP contribution >= 0.6 is 0 Å². The van der Waals surface area contributed by atoms with Gasteiger partial charge in [-0.15, -0.1) is 0 Å². The zero-order valence-corrected chi connectivity index (χ0v) is 14.1. The molecule has 0 radical (unpaired) electrons. The van der Waals surface area contributed by atoms with E-state index in [0.29, 0.717) is 13.0 Å². The molecule has 1 aliphatic rings. The van der Waals surface area contributed by atoms with Gasteiger partial charge in [-0.1, -0.05) is 13.8 Å². The van der Waals surface area contributed by atoms with Crippen molar-refractivity contribution in [3.8, 4) is 0 Å². The minimum atomic E-state index is -0.903. The normalized spacial score (nSPS) is 22.5. The third kappa shape index (κ3) is 3.67. The van der Waals surface area contributed by atoms with Gasteiger partial charge < -0.3 is 14.2 Å². The summed E-state index contributed by atoms with van der Waals surface area (Å²) in [5.74, 6) is -0.649. The molecule has 1 fully saturated rings. The molecule has 1 heterocycles. The van der Waals surface area contributed by atoms with Crippen LogP contribution in [0.1, 0.15) is 48.0 Å². The van der Waals surface area contributed by atoms with Crippen LogP contribution in [0.5, 0.6) is 0 Å². The molecule has 6 nitrogen and oxygen atoms in total. The Morgan fingerprint density at radius 2 is 1.86 bits per heavy atom. The molecule has 2 atom stereocenters. The van der Waals surface area contributed by atoms with Crippen LogP contribution in [0.3, 0.4) is 0 Å². The van der Waals surface area contributed by atoms with Gasteiger partial charge in [-0.05, 0) is 34.1 Å². The molecule has 0 aromatic carbocycles. The lowest BCUT2D eigenvalue weighted by molar-refractivity contribution is -0.155. The minimum Gasteiger partial charge on any atom is -0.466 e. The number of nitrogens with zero attached hydrogens (tertiary/aromatic N) is 1. The van der Waals surface area contributed by atoms with E-state index in [0.717, 1.165) is 0 Å². The molecule has 1 amide bonds. The smallest absolute Gasteiger partial charge is 0.413 e. The lowest BCUT2D eigenvalue weighted by Crippen LogP contribution is -2.54. The zero-order chi connectivity index (χ0) is 16.4. The molecular formula is C15H27NO5. The van der Waals surface area contributed by atoms with Gasteiger partial charge in [0.05, 0.1) is 19.3 Å². The number of carbonyl (C=O) groups excluding carboxylic acids is 2. The maximum Gasteiger partial charge on any atom is 0.413 e. The summed E-state index contributed by atoms with van der Waals surface area (Å²) >= 11 is 0. The summed E-state index contributed by atoms with van der Waals surface area (Å²) in [5, 5.41) is 0. The van der Waals surface area contributed by atoms with Gasteiger partial charge in [0, 0.05) is 5.92 Å². The fourth-order valence-corrected chi connectivity index (χ4v) is 2.57. The van der Waals surface area contributed by atoms with E-state index in [1.54, 1.807) is 18.7 Å². The molecule has 0 spiro atoms. The summed E-state index contributed by atoms with van der Waals surface area (Å²) in [6.07, 6.45) is -0.756. The predicted molar refractivity (Wildman–Crippen MR) is 77.7 cm³/mol. The Bertz CT molecular complexity index is 389. The zero-order valence-electron chi connectivity index (χ0n) is 14.1. The monoisotopic (exact) mass is 301 g/mol. The van der Waals surface area contributed by atoms with Gasteiger partial charge in [0.1, 0.15) is 5.72 Å². The number of hydrogen-bond donors (Lipinski definition) is 0. The molecule has 1 aliphatic heterocycles. The van der Waals surface area contributed by atoms with Crippen molar-refractivity contribution in [2.45, 2.75) is 65.3 Å². The first kappa shape index (κ1) is 17.8. The fraction of sp³-hybridized carbons (Fsp3) is 0.867. The van der Waals surface area contributed by atoms with Gasteiger partial charge in [0.25, 0.3) is 0 Å². The molecule has 0 bridgehead atoms. The van der Waals surface area contributed by atoms with Crippen molar-refractivity contribution < 1.29 is 23.8 Å². The Balaban J connectivity index is 2.93. The van der Waals surface area contributed by atoms with Gasteiger partial charge in [0.15, 0.2) is 0 Å². The van der Waals surface area contributed by atoms with Crippen LogP contribution in [0, 0.1) is 5.92 Å². The number of amides is 1. The average Bonchev–Trinajstić information content (AvgIpc) is 2.62. The average molecular weight is 301 g/mol. The Hall–Kier alpha value is -1.30. The van der Waals surface area contributed by atoms with Crippen molar-refractivity contribution in [2.75, 3.05) is 13.7 Å². The molecule has 122 valence electrons. The molecule has 0 aliphatic carbocycles. The first-order valence-electron chi connectivity index (χ1n) is 7.29. The fourth-order valence-electron chi connectivity index (χ4n) is 2.57. The van der Waals surface area contributed by atoms with E-state index in [4.69, 9.17) is 14.2 Å². The molecule has 1 rings (SSSR count). The molecule has 6 heteroatoms. The number of hydrogen-bond acceptors (Lipinski definition) is 5. The Labute approximate surface area is 126 Å². The highest BCUT2D eigenvalue weighted by Crippen LogP contribution is 2.35. The van der Waals surface area contributed by atoms with E-state index in [9.17, 15) is 9.59 Å². The summed E-state index contributed by atoms with van der Waals surface area (Å²) in [4.78, 5) is 25.9. The first-order valence-corrected chi connectivity index (χ1v) is 7.29. The van der Waals surface area contributed by atoms with Crippen molar-refractivity contribution in [1.29, 1.82) is 0 Å². The van der Waals surface area contributed by atoms with E-state index in [-0.39, 0.29) is 5.92 Å². The third-order valence-electron chi connectivity index (χ3n) is 3.93. The van der Waals surface area contributed by atoms with Crippen LogP contribution in [0.25, 0.3) is 0 Å². The second-order valence-corrected chi connectivity index (χ2v) is 6.60. The van der Waals surface area contributed by atoms with Crippen molar-refractivity contribution in [1.82, 2.24) is 4.90 Å². The maximum absolute atomic E-state index is 12.5. The maximum atomic E-state index is 12.5. The second kappa shape index (κ2) is 6.22. The van der Waals surface area contributed by atoms with E-state index in [1.165, 1.54) is 7.11 Å². The van der Waals surface area contributed by atoms with Crippen LogP contribution in [-0.4, -0.2) is 48.0 Å². The number of esters is 1. The first-order chi connectivity index (χ1) is 9.56. The number of carbonyl (C=O) groups is 2. The van der Waals surface area contributed by atoms with Crippen LogP contribution in [-0.2, 0) is 19.0 Å². The molecular weight excluding hydrogens is 274 g/mol. The molecule has 1 saturated heterocycles. The minimum absolute atomic E-state index is 0.115. The van der Waals surface area contributed by atoms with Crippen molar-refractivity contribution in [3.63, 3.8) is 0 Å². The Kier molecular flexibility index (Phi) is 5.25. The van der Waals surface area contributed by atoms with Gasteiger partial charge in [-0.3, -0.25) is 4.90 Å². The summed E-state index contributed by atoms with van der Waals surface area (Å²) in [6.45, 7) is 11.6. The van der Waals surface area contributed by atoms with E-state index in [1.807, 2.05) is 27.7 Å². The predicted octanol–water partition coefficient (Wildman–Crippen LogP) is 2.56. The van der Waals surface area contributed by atoms with Crippen molar-refractivity contribution in [2.24, 2.45) is 5.92 Å². The van der Waals surface area contributed by atoms with Crippen molar-refractivity contribution >= 4 is 12.1 Å². The van der Waals surface area contributed by atoms with E-state index in [2.05, 4.69) is 0 Å². The van der Waals surface area contributed by atoms with Crippen LogP contribution in [0.15, 0.2) is 0 Å². The Morgan fingerprint density at radius 1 is 1.29 bits per heavy atom. The standard InChI is InChI=1S/C15H27NO5/c1-8-10(2)11(12(17)19-7)21-13(18)16-14(3,4)9-20-15(16,5)6/h10-11H,8-9H2,1-7H3/t10-,11+/m1/s1. The highest BCUT2D eigenvalue weighted by atomic mass is 16.6. The molecule has 0 N–H and O–H groups in total. The van der Waals surface area contributed by atoms with Crippen LogP contribution in [0.2, 0.25) is 0 Å². The lowest BCUT2D eigenvalue weighted by atomic mass is 10.0. The van der Waals surface area contributed by atoms with Crippen LogP contribution in [0.4, 0.5) is 4.79 Å². The van der Waals surface area contributed by atoms with Gasteiger partial charge in [-0.2, -0.15) is 0 Å². The summed E-state index contributed by atoms with van der Waals surface area (Å²) < 4.78 is 15.8. The number of rotatable bonds is 4. The van der Waals surface area contributed by atoms with Crippen molar-refractivity contribution in [3.05, 3.63) is 0 Å². The highest BCUT2D eigenvalue weighted by molar-refractivity contribution is 5.79. The van der Waals surface area contributed by atoms with Crippen LogP contribution < -0.4 is 0 Å². The summed E-state index contributed by atoms with van der Waals surface area (Å²) in [6, 6.07) is 0. The summed E-state index contributed by atoms with van der Waals surface area (Å²) in [7, 11) is 1.29. The Morgan fingerprint density at radius 3 is 2.24 bits per heavy atom. The topological polar surface area (TPSA) is 65.1 Å². The second-order valence-electron chi connectivity index (χ2n) is 6.60. The largest absolute Gasteiger partial charge is 0.466 e. The van der Waals surface area contributed by atoms with Gasteiger partial charge in [0.2, 0.25) is 6.10 Å². The van der Waals surface area contributed by atoms with Gasteiger partial charge in [-0.25, -0.2) is 9.59 Å². The third-order valence-corrected chi connectivity index (χ3v) is 3.93. The SMILES string of the molecule is CC[C@@H](C)[C@H](OC(=O)N1C(C)(C)COC1(C)C)C(=O)OC. The van der Waals surface area contributed by atoms with E-state index < -0.39 is 29.4 Å². The molecule has 0 saturated carbocycles. The number of ether oxygens (including phenoxy) is 3. The molecule has 21 heavy (non-hydrogen) atoms. The molecule has 0 unspecified atom stereocenters. The number of methoxy groups -OCH3 is 1. The quantitative estimate of drug-likeness (QED) is 0.747. The molecule has 0 aromatic heterocycles. The lowest BCUT2D eigenvalue weighted by Gasteiger charge is -2.37. The van der Waals surface area contributed by atoms with E-state index >= 15 is 0 Å². The molecule has 0 aromatic rings. The van der Waals surface area contributed by atoms with Gasteiger partial charge >= 0.3 is 12.1 Å². The summed E-state index contributed by atoms with van der Waals surface area (Å²) in [5.41, 5.74) is -1.26.